The number of carboxylic acids is 2. The molecule has 0 saturated heterocycles. The maximum Gasteiger partial charge on any atom is 0.313 e. The summed E-state index contributed by atoms with van der Waals surface area (Å²) in [6.07, 6.45) is -0.0121. The topological polar surface area (TPSA) is 86.6 Å². The lowest BCUT2D eigenvalue weighted by Gasteiger charge is -2.23. The van der Waals surface area contributed by atoms with E-state index in [9.17, 15) is 14.7 Å². The van der Waals surface area contributed by atoms with Gasteiger partial charge in [0.15, 0.2) is 0 Å². The molecule has 0 radical (unpaired) electrons. The van der Waals surface area contributed by atoms with Crippen molar-refractivity contribution in [3.8, 4) is 0 Å². The molecule has 3 N–H and O–H groups in total. The van der Waals surface area contributed by atoms with Gasteiger partial charge in [-0.2, -0.15) is 0 Å². The molecular weight excluding hydrogens is 234 g/mol. The van der Waals surface area contributed by atoms with Gasteiger partial charge in [0.25, 0.3) is 0 Å². The summed E-state index contributed by atoms with van der Waals surface area (Å²) in [5.74, 6) is -1.81. The van der Waals surface area contributed by atoms with Crippen molar-refractivity contribution >= 4 is 17.6 Å². The van der Waals surface area contributed by atoms with Crippen LogP contribution in [0.15, 0.2) is 24.3 Å². The normalized spacial score (nSPS) is 11.0. The number of aliphatic carboxylic acids is 2. The molecule has 98 valence electrons. The fraction of sp³-hybridized carbons (Fsp3) is 0.385. The van der Waals surface area contributed by atoms with Crippen LogP contribution in [0.5, 0.6) is 0 Å². The molecule has 1 aromatic carbocycles. The van der Waals surface area contributed by atoms with E-state index in [1.807, 2.05) is 0 Å². The fourth-order valence-corrected chi connectivity index (χ4v) is 1.60. The van der Waals surface area contributed by atoms with Crippen LogP contribution in [0.4, 0.5) is 5.69 Å². The highest BCUT2D eigenvalue weighted by molar-refractivity contribution is 5.83. The van der Waals surface area contributed by atoms with Crippen LogP contribution in [-0.2, 0) is 15.0 Å². The Bertz CT molecular complexity index is 454. The molecule has 0 aliphatic carbocycles. The number of rotatable bonds is 6. The third-order valence-electron chi connectivity index (χ3n) is 2.79. The third kappa shape index (κ3) is 3.23. The first-order valence-corrected chi connectivity index (χ1v) is 5.64. The van der Waals surface area contributed by atoms with Crippen LogP contribution in [0.2, 0.25) is 0 Å². The van der Waals surface area contributed by atoms with Crippen molar-refractivity contribution in [3.63, 3.8) is 0 Å². The molecule has 0 unspecified atom stereocenters. The van der Waals surface area contributed by atoms with Gasteiger partial charge in [-0.3, -0.25) is 9.59 Å². The predicted octanol–water partition coefficient (Wildman–Crippen LogP) is 1.94. The lowest BCUT2D eigenvalue weighted by molar-refractivity contribution is -0.142. The second kappa shape index (κ2) is 5.53. The van der Waals surface area contributed by atoms with Crippen LogP contribution in [0.1, 0.15) is 25.8 Å². The highest BCUT2D eigenvalue weighted by Gasteiger charge is 2.31. The second-order valence-electron chi connectivity index (χ2n) is 4.55. The molecule has 0 bridgehead atoms. The van der Waals surface area contributed by atoms with E-state index in [1.54, 1.807) is 38.1 Å². The molecule has 1 aromatic rings. The van der Waals surface area contributed by atoms with Gasteiger partial charge < -0.3 is 15.5 Å². The summed E-state index contributed by atoms with van der Waals surface area (Å²) in [5, 5.41) is 20.7. The van der Waals surface area contributed by atoms with Crippen molar-refractivity contribution in [2.24, 2.45) is 0 Å². The number of para-hydroxylation sites is 1. The standard InChI is InChI=1S/C13H17NO4/c1-13(2,12(17)18)9-5-3-4-6-10(9)14-8-7-11(15)16/h3-6,14H,7-8H2,1-2H3,(H,15,16)(H,17,18). The van der Waals surface area contributed by atoms with Crippen LogP contribution in [0, 0.1) is 0 Å². The SMILES string of the molecule is CC(C)(C(=O)O)c1ccccc1NCCC(=O)O. The van der Waals surface area contributed by atoms with Crippen molar-refractivity contribution < 1.29 is 19.8 Å². The minimum atomic E-state index is -1.02. The molecule has 5 heteroatoms. The minimum absolute atomic E-state index is 0.0121. The van der Waals surface area contributed by atoms with E-state index in [-0.39, 0.29) is 13.0 Å². The first-order chi connectivity index (χ1) is 8.35. The summed E-state index contributed by atoms with van der Waals surface area (Å²) in [5.41, 5.74) is 0.279. The van der Waals surface area contributed by atoms with Gasteiger partial charge in [-0.15, -0.1) is 0 Å². The first-order valence-electron chi connectivity index (χ1n) is 5.64. The van der Waals surface area contributed by atoms with E-state index in [2.05, 4.69) is 5.32 Å². The van der Waals surface area contributed by atoms with E-state index in [4.69, 9.17) is 5.11 Å². The Morgan fingerprint density at radius 3 is 2.39 bits per heavy atom. The number of benzene rings is 1. The Morgan fingerprint density at radius 2 is 1.83 bits per heavy atom. The summed E-state index contributed by atoms with van der Waals surface area (Å²) in [7, 11) is 0. The van der Waals surface area contributed by atoms with Gasteiger partial charge in [-0.25, -0.2) is 0 Å². The quantitative estimate of drug-likeness (QED) is 0.719. The van der Waals surface area contributed by atoms with E-state index in [0.717, 1.165) is 0 Å². The number of anilines is 1. The van der Waals surface area contributed by atoms with Crippen LogP contribution in [0.25, 0.3) is 0 Å². The van der Waals surface area contributed by atoms with Crippen LogP contribution in [0.3, 0.4) is 0 Å². The smallest absolute Gasteiger partial charge is 0.313 e. The van der Waals surface area contributed by atoms with Crippen LogP contribution in [-0.4, -0.2) is 28.7 Å². The Balaban J connectivity index is 2.93. The zero-order valence-electron chi connectivity index (χ0n) is 10.4. The first kappa shape index (κ1) is 14.0. The number of carboxylic acid groups (broad SMARTS) is 2. The zero-order chi connectivity index (χ0) is 13.8. The van der Waals surface area contributed by atoms with Crippen LogP contribution >= 0.6 is 0 Å². The largest absolute Gasteiger partial charge is 0.481 e. The number of hydrogen-bond acceptors (Lipinski definition) is 3. The van der Waals surface area contributed by atoms with Gasteiger partial charge in [0, 0.05) is 12.2 Å². The average molecular weight is 251 g/mol. The Hall–Kier alpha value is -2.04. The Kier molecular flexibility index (Phi) is 4.31. The van der Waals surface area contributed by atoms with Crippen molar-refractivity contribution in [3.05, 3.63) is 29.8 Å². The predicted molar refractivity (Wildman–Crippen MR) is 67.8 cm³/mol. The van der Waals surface area contributed by atoms with Crippen molar-refractivity contribution in [1.29, 1.82) is 0 Å². The molecule has 5 nitrogen and oxygen atoms in total. The highest BCUT2D eigenvalue weighted by atomic mass is 16.4. The van der Waals surface area contributed by atoms with Gasteiger partial charge in [0.1, 0.15) is 0 Å². The van der Waals surface area contributed by atoms with E-state index in [0.29, 0.717) is 11.3 Å². The van der Waals surface area contributed by atoms with Crippen LogP contribution < -0.4 is 5.32 Å². The maximum atomic E-state index is 11.2. The summed E-state index contributed by atoms with van der Waals surface area (Å²) in [4.78, 5) is 21.7. The van der Waals surface area contributed by atoms with E-state index >= 15 is 0 Å². The lowest BCUT2D eigenvalue weighted by Crippen LogP contribution is -2.29. The van der Waals surface area contributed by atoms with E-state index < -0.39 is 17.4 Å². The molecule has 0 aromatic heterocycles. The molecule has 0 atom stereocenters. The molecule has 0 saturated carbocycles. The molecule has 0 fully saturated rings. The summed E-state index contributed by atoms with van der Waals surface area (Å²) in [6, 6.07) is 7.03. The highest BCUT2D eigenvalue weighted by Crippen LogP contribution is 2.30. The molecule has 1 rings (SSSR count). The molecule has 0 heterocycles. The van der Waals surface area contributed by atoms with Crippen molar-refractivity contribution in [1.82, 2.24) is 0 Å². The monoisotopic (exact) mass is 251 g/mol. The zero-order valence-corrected chi connectivity index (χ0v) is 10.4. The molecule has 0 spiro atoms. The molecule has 0 amide bonds. The fourth-order valence-electron chi connectivity index (χ4n) is 1.60. The molecule has 0 aliphatic heterocycles. The molecular formula is C13H17NO4. The van der Waals surface area contributed by atoms with Crippen molar-refractivity contribution in [2.45, 2.75) is 25.7 Å². The summed E-state index contributed by atoms with van der Waals surface area (Å²) < 4.78 is 0. The minimum Gasteiger partial charge on any atom is -0.481 e. The van der Waals surface area contributed by atoms with E-state index in [1.165, 1.54) is 0 Å². The summed E-state index contributed by atoms with van der Waals surface area (Å²) in [6.45, 7) is 3.50. The third-order valence-corrected chi connectivity index (χ3v) is 2.79. The van der Waals surface area contributed by atoms with Gasteiger partial charge in [0.05, 0.1) is 11.8 Å². The number of hydrogen-bond donors (Lipinski definition) is 3. The second-order valence-corrected chi connectivity index (χ2v) is 4.55. The van der Waals surface area contributed by atoms with Gasteiger partial charge in [-0.1, -0.05) is 18.2 Å². The molecule has 0 aliphatic rings. The van der Waals surface area contributed by atoms with Gasteiger partial charge in [0.2, 0.25) is 0 Å². The number of nitrogens with one attached hydrogen (secondary N) is 1. The van der Waals surface area contributed by atoms with Crippen molar-refractivity contribution in [2.75, 3.05) is 11.9 Å². The average Bonchev–Trinajstić information content (AvgIpc) is 2.28. The number of carbonyl (C=O) groups is 2. The Labute approximate surface area is 105 Å². The van der Waals surface area contributed by atoms with Gasteiger partial charge >= 0.3 is 11.9 Å². The lowest BCUT2D eigenvalue weighted by atomic mass is 9.83. The Morgan fingerprint density at radius 1 is 1.22 bits per heavy atom. The summed E-state index contributed by atoms with van der Waals surface area (Å²) >= 11 is 0. The van der Waals surface area contributed by atoms with Gasteiger partial charge in [-0.05, 0) is 25.5 Å². The molecule has 18 heavy (non-hydrogen) atoms. The maximum absolute atomic E-state index is 11.2.